The molecule has 5 heteroatoms. The minimum absolute atomic E-state index is 0.183. The van der Waals surface area contributed by atoms with Crippen molar-refractivity contribution in [3.8, 4) is 0 Å². The van der Waals surface area contributed by atoms with E-state index in [1.54, 1.807) is 0 Å². The summed E-state index contributed by atoms with van der Waals surface area (Å²) in [6, 6.07) is 0. The molecular weight excluding hydrogens is 124 g/mol. The van der Waals surface area contributed by atoms with Crippen LogP contribution in [0.2, 0.25) is 0 Å². The Morgan fingerprint density at radius 3 is 1.56 bits per heavy atom. The average molecular weight is 130 g/mol. The Hall–Kier alpha value is -0.780. The Bertz CT molecular complexity index is 140. The fraction of sp³-hybridized carbons (Fsp3) is 0.500. The molecule has 1 heterocycles. The zero-order valence-corrected chi connectivity index (χ0v) is 5.12. The fourth-order valence-corrected chi connectivity index (χ4v) is 0.454. The van der Waals surface area contributed by atoms with Crippen LogP contribution >= 0.6 is 0 Å². The first kappa shape index (κ1) is 6.34. The highest BCUT2D eigenvalue weighted by Gasteiger charge is 2.10. The maximum atomic E-state index is 10.4. The van der Waals surface area contributed by atoms with Gasteiger partial charge in [0.2, 0.25) is 0 Å². The molecule has 5 nitrogen and oxygen atoms in total. The SMILES string of the molecule is CC1=C(C)N([O-])ON1[O-]. The molecule has 0 atom stereocenters. The highest BCUT2D eigenvalue weighted by Crippen LogP contribution is 2.20. The molecule has 0 unspecified atom stereocenters. The predicted molar refractivity (Wildman–Crippen MR) is 29.9 cm³/mol. The minimum atomic E-state index is 0.183. The van der Waals surface area contributed by atoms with Crippen LogP contribution in [0, 0.1) is 10.4 Å². The van der Waals surface area contributed by atoms with Crippen molar-refractivity contribution in [2.75, 3.05) is 0 Å². The lowest BCUT2D eigenvalue weighted by atomic mass is 10.4. The van der Waals surface area contributed by atoms with Crippen molar-refractivity contribution in [2.45, 2.75) is 13.8 Å². The van der Waals surface area contributed by atoms with E-state index in [-0.39, 0.29) is 10.5 Å². The van der Waals surface area contributed by atoms with Gasteiger partial charge in [0, 0.05) is 11.4 Å². The van der Waals surface area contributed by atoms with Crippen LogP contribution in [0.1, 0.15) is 13.8 Å². The molecule has 0 spiro atoms. The number of rotatable bonds is 0. The summed E-state index contributed by atoms with van der Waals surface area (Å²) in [4.78, 5) is 4.07. The Labute approximate surface area is 52.2 Å². The zero-order valence-electron chi connectivity index (χ0n) is 5.12. The van der Waals surface area contributed by atoms with Gasteiger partial charge in [0.25, 0.3) is 0 Å². The summed E-state index contributed by atoms with van der Waals surface area (Å²) >= 11 is 0. The van der Waals surface area contributed by atoms with Crippen LogP contribution in [-0.2, 0) is 4.94 Å². The Morgan fingerprint density at radius 2 is 1.44 bits per heavy atom. The molecule has 9 heavy (non-hydrogen) atoms. The largest absolute Gasteiger partial charge is 0.732 e. The third kappa shape index (κ3) is 0.849. The molecule has 0 saturated heterocycles. The highest BCUT2D eigenvalue weighted by atomic mass is 17.1. The van der Waals surface area contributed by atoms with Crippen molar-refractivity contribution in [1.82, 2.24) is 10.5 Å². The Kier molecular flexibility index (Phi) is 1.32. The number of hydrogen-bond donors (Lipinski definition) is 0. The third-order valence-electron chi connectivity index (χ3n) is 1.22. The second kappa shape index (κ2) is 1.87. The molecule has 52 valence electrons. The molecule has 1 aliphatic rings. The monoisotopic (exact) mass is 130 g/mol. The van der Waals surface area contributed by atoms with E-state index in [1.807, 2.05) is 0 Å². The molecule has 0 radical (unpaired) electrons. The van der Waals surface area contributed by atoms with Crippen LogP contribution in [0.15, 0.2) is 11.4 Å². The van der Waals surface area contributed by atoms with Crippen molar-refractivity contribution in [3.05, 3.63) is 21.8 Å². The van der Waals surface area contributed by atoms with Gasteiger partial charge in [0.1, 0.15) is 0 Å². The molecule has 1 rings (SSSR count). The standard InChI is InChI=1S/C4H6N2O3/c1-3-4(2)6(8)9-5(3)7/h1-2H3/q-2. The van der Waals surface area contributed by atoms with Gasteiger partial charge in [-0.05, 0) is 13.8 Å². The van der Waals surface area contributed by atoms with Gasteiger partial charge in [-0.3, -0.25) is 10.5 Å². The molecule has 0 amide bonds. The lowest BCUT2D eigenvalue weighted by Gasteiger charge is -2.28. The fourth-order valence-electron chi connectivity index (χ4n) is 0.454. The highest BCUT2D eigenvalue weighted by molar-refractivity contribution is 5.08. The lowest BCUT2D eigenvalue weighted by molar-refractivity contribution is -0.218. The second-order valence-electron chi connectivity index (χ2n) is 1.77. The maximum absolute atomic E-state index is 10.4. The summed E-state index contributed by atoms with van der Waals surface area (Å²) < 4.78 is 0. The van der Waals surface area contributed by atoms with Crippen LogP contribution in [0.5, 0.6) is 0 Å². The topological polar surface area (TPSA) is 61.8 Å². The van der Waals surface area contributed by atoms with E-state index in [2.05, 4.69) is 4.94 Å². The number of allylic oxidation sites excluding steroid dienone is 2. The van der Waals surface area contributed by atoms with Crippen molar-refractivity contribution in [2.24, 2.45) is 0 Å². The normalized spacial score (nSPS) is 20.0. The van der Waals surface area contributed by atoms with E-state index in [0.717, 1.165) is 0 Å². The minimum Gasteiger partial charge on any atom is -0.732 e. The van der Waals surface area contributed by atoms with Gasteiger partial charge in [0.15, 0.2) is 0 Å². The maximum Gasteiger partial charge on any atom is 0.0482 e. The number of nitrogens with zero attached hydrogens (tertiary/aromatic N) is 2. The predicted octanol–water partition coefficient (Wildman–Crippen LogP) is 0.698. The molecule has 0 N–H and O–H groups in total. The molecule has 0 bridgehead atoms. The molecule has 0 aromatic carbocycles. The number of hydroxylamine groups is 4. The summed E-state index contributed by atoms with van der Waals surface area (Å²) in [6.45, 7) is 3.03. The number of hydrogen-bond acceptors (Lipinski definition) is 5. The summed E-state index contributed by atoms with van der Waals surface area (Å²) in [5, 5.41) is 21.1. The molecular formula is C4H6N2O3-2. The van der Waals surface area contributed by atoms with Crippen molar-refractivity contribution < 1.29 is 4.94 Å². The van der Waals surface area contributed by atoms with Gasteiger partial charge in [-0.15, -0.1) is 0 Å². The summed E-state index contributed by atoms with van der Waals surface area (Å²) in [6.07, 6.45) is 0. The summed E-state index contributed by atoms with van der Waals surface area (Å²) in [5.74, 6) is 0. The van der Waals surface area contributed by atoms with E-state index in [9.17, 15) is 10.4 Å². The Balaban J connectivity index is 2.79. The van der Waals surface area contributed by atoms with Crippen LogP contribution in [0.4, 0.5) is 0 Å². The molecule has 0 aromatic heterocycles. The van der Waals surface area contributed by atoms with E-state index in [4.69, 9.17) is 0 Å². The summed E-state index contributed by atoms with van der Waals surface area (Å²) in [5.41, 5.74) is 0.593. The zero-order chi connectivity index (χ0) is 7.02. The molecule has 0 fully saturated rings. The van der Waals surface area contributed by atoms with Crippen LogP contribution in [0.3, 0.4) is 0 Å². The van der Waals surface area contributed by atoms with E-state index >= 15 is 0 Å². The van der Waals surface area contributed by atoms with Gasteiger partial charge in [-0.1, -0.05) is 0 Å². The third-order valence-corrected chi connectivity index (χ3v) is 1.22. The van der Waals surface area contributed by atoms with Gasteiger partial charge in [0.05, 0.1) is 0 Å². The van der Waals surface area contributed by atoms with Gasteiger partial charge in [-0.2, -0.15) is 4.94 Å². The average Bonchev–Trinajstić information content (AvgIpc) is 1.98. The lowest BCUT2D eigenvalue weighted by Crippen LogP contribution is -2.14. The van der Waals surface area contributed by atoms with Crippen LogP contribution < -0.4 is 0 Å². The van der Waals surface area contributed by atoms with Crippen molar-refractivity contribution in [3.63, 3.8) is 0 Å². The first-order chi connectivity index (χ1) is 4.13. The quantitative estimate of drug-likeness (QED) is 0.483. The van der Waals surface area contributed by atoms with Gasteiger partial charge >= 0.3 is 0 Å². The van der Waals surface area contributed by atoms with Crippen molar-refractivity contribution >= 4 is 0 Å². The van der Waals surface area contributed by atoms with E-state index in [1.165, 1.54) is 13.8 Å². The molecule has 0 aliphatic carbocycles. The van der Waals surface area contributed by atoms with E-state index < -0.39 is 0 Å². The van der Waals surface area contributed by atoms with Crippen molar-refractivity contribution in [1.29, 1.82) is 0 Å². The first-order valence-corrected chi connectivity index (χ1v) is 2.43. The van der Waals surface area contributed by atoms with Crippen LogP contribution in [0.25, 0.3) is 0 Å². The van der Waals surface area contributed by atoms with Gasteiger partial charge < -0.3 is 10.4 Å². The first-order valence-electron chi connectivity index (χ1n) is 2.43. The van der Waals surface area contributed by atoms with Gasteiger partial charge in [-0.25, -0.2) is 0 Å². The molecule has 0 saturated carbocycles. The molecule has 0 aromatic rings. The summed E-state index contributed by atoms with van der Waals surface area (Å²) in [7, 11) is 0. The van der Waals surface area contributed by atoms with E-state index in [0.29, 0.717) is 11.4 Å². The van der Waals surface area contributed by atoms with Crippen LogP contribution in [-0.4, -0.2) is 10.5 Å². The smallest absolute Gasteiger partial charge is 0.0482 e. The Morgan fingerprint density at radius 1 is 1.11 bits per heavy atom. The molecule has 1 aliphatic heterocycles. The second-order valence-corrected chi connectivity index (χ2v) is 1.77.